The van der Waals surface area contributed by atoms with Gasteiger partial charge in [0, 0.05) is 12.3 Å². The lowest BCUT2D eigenvalue weighted by Crippen LogP contribution is -2.00. The Morgan fingerprint density at radius 3 is 2.73 bits per heavy atom. The van der Waals surface area contributed by atoms with Crippen molar-refractivity contribution in [3.63, 3.8) is 0 Å². The second kappa shape index (κ2) is 7.36. The molecule has 0 aliphatic heterocycles. The fourth-order valence-corrected chi connectivity index (χ4v) is 1.52. The molecule has 0 amide bonds. The molecule has 108 valence electrons. The molecule has 0 saturated carbocycles. The molecule has 1 N–H and O–H groups in total. The van der Waals surface area contributed by atoms with Gasteiger partial charge in [-0.05, 0) is 24.3 Å². The van der Waals surface area contributed by atoms with E-state index in [1.165, 1.54) is 12.1 Å². The first-order valence-corrected chi connectivity index (χ1v) is 6.19. The van der Waals surface area contributed by atoms with Gasteiger partial charge in [0.1, 0.15) is 18.7 Å². The maximum absolute atomic E-state index is 13.9. The number of aromatic nitrogens is 1. The molecule has 2 rings (SSSR count). The van der Waals surface area contributed by atoms with Gasteiger partial charge < -0.3 is 4.74 Å². The Morgan fingerprint density at radius 1 is 1.27 bits per heavy atom. The first kappa shape index (κ1) is 14.9. The fraction of sp³-hybridized carbons (Fsp3) is 0.0667. The summed E-state index contributed by atoms with van der Waals surface area (Å²) in [6.45, 7) is 0.149. The Kier molecular flexibility index (Phi) is 5.00. The van der Waals surface area contributed by atoms with E-state index in [1.54, 1.807) is 30.5 Å². The molecular weight excluding hydrogens is 285 g/mol. The highest BCUT2D eigenvalue weighted by Gasteiger charge is 2.06. The summed E-state index contributed by atoms with van der Waals surface area (Å²) < 4.78 is 19.2. The van der Waals surface area contributed by atoms with Crippen LogP contribution in [0, 0.1) is 28.5 Å². The number of hydrazone groups is 1. The molecule has 0 spiro atoms. The van der Waals surface area contributed by atoms with Crippen molar-refractivity contribution in [2.75, 3.05) is 5.43 Å². The van der Waals surface area contributed by atoms with E-state index in [4.69, 9.17) is 15.3 Å². The number of rotatable bonds is 5. The average molecular weight is 295 g/mol. The number of anilines is 1. The SMILES string of the molecule is N#CC(C#N)=NNc1ccc(OCc2ccccn2)c(F)c1. The molecule has 0 aliphatic carbocycles. The Hall–Kier alpha value is -3.45. The minimum Gasteiger partial charge on any atom is -0.484 e. The number of hydrogen-bond donors (Lipinski definition) is 1. The summed E-state index contributed by atoms with van der Waals surface area (Å²) in [5, 5.41) is 20.6. The predicted octanol–water partition coefficient (Wildman–Crippen LogP) is 2.61. The number of nitriles is 2. The average Bonchev–Trinajstić information content (AvgIpc) is 2.56. The fourth-order valence-electron chi connectivity index (χ4n) is 1.52. The minimum absolute atomic E-state index is 0.0703. The molecule has 0 radical (unpaired) electrons. The summed E-state index contributed by atoms with van der Waals surface area (Å²) in [6.07, 6.45) is 1.63. The van der Waals surface area contributed by atoms with Crippen LogP contribution < -0.4 is 10.2 Å². The zero-order valence-corrected chi connectivity index (χ0v) is 11.3. The van der Waals surface area contributed by atoms with Crippen LogP contribution >= 0.6 is 0 Å². The van der Waals surface area contributed by atoms with Gasteiger partial charge in [-0.1, -0.05) is 6.07 Å². The molecule has 0 unspecified atom stereocenters. The van der Waals surface area contributed by atoms with E-state index < -0.39 is 5.82 Å². The maximum atomic E-state index is 13.9. The maximum Gasteiger partial charge on any atom is 0.237 e. The lowest BCUT2D eigenvalue weighted by molar-refractivity contribution is 0.286. The molecule has 0 aliphatic rings. The van der Waals surface area contributed by atoms with E-state index in [0.29, 0.717) is 11.4 Å². The summed E-state index contributed by atoms with van der Waals surface area (Å²) in [4.78, 5) is 4.07. The molecular formula is C15H10FN5O. The second-order valence-electron chi connectivity index (χ2n) is 4.05. The van der Waals surface area contributed by atoms with E-state index in [9.17, 15) is 4.39 Å². The first-order chi connectivity index (χ1) is 10.7. The van der Waals surface area contributed by atoms with Crippen molar-refractivity contribution in [3.05, 3.63) is 54.1 Å². The van der Waals surface area contributed by atoms with Crippen LogP contribution in [0.15, 0.2) is 47.7 Å². The Bertz CT molecular complexity index is 746. The van der Waals surface area contributed by atoms with E-state index >= 15 is 0 Å². The van der Waals surface area contributed by atoms with Crippen LogP contribution in [0.4, 0.5) is 10.1 Å². The molecule has 7 heteroatoms. The van der Waals surface area contributed by atoms with Gasteiger partial charge in [-0.3, -0.25) is 10.4 Å². The van der Waals surface area contributed by atoms with E-state index in [0.717, 1.165) is 6.07 Å². The third-order valence-electron chi connectivity index (χ3n) is 2.54. The molecule has 0 atom stereocenters. The first-order valence-electron chi connectivity index (χ1n) is 6.19. The van der Waals surface area contributed by atoms with Crippen molar-refractivity contribution in [2.24, 2.45) is 5.10 Å². The van der Waals surface area contributed by atoms with E-state index in [2.05, 4.69) is 15.5 Å². The second-order valence-corrected chi connectivity index (χ2v) is 4.05. The molecule has 6 nitrogen and oxygen atoms in total. The Labute approximate surface area is 126 Å². The van der Waals surface area contributed by atoms with Crippen LogP contribution in [0.1, 0.15) is 5.69 Å². The van der Waals surface area contributed by atoms with Gasteiger partial charge in [-0.2, -0.15) is 15.6 Å². The highest BCUT2D eigenvalue weighted by atomic mass is 19.1. The van der Waals surface area contributed by atoms with E-state index in [1.807, 2.05) is 6.07 Å². The van der Waals surface area contributed by atoms with Crippen molar-refractivity contribution >= 4 is 11.4 Å². The summed E-state index contributed by atoms with van der Waals surface area (Å²) in [5.41, 5.74) is 3.05. The number of hydrogen-bond acceptors (Lipinski definition) is 6. The Balaban J connectivity index is 2.03. The van der Waals surface area contributed by atoms with Crippen molar-refractivity contribution < 1.29 is 9.13 Å². The van der Waals surface area contributed by atoms with Crippen molar-refractivity contribution in [3.8, 4) is 17.9 Å². The molecule has 0 fully saturated rings. The summed E-state index contributed by atoms with van der Waals surface area (Å²) in [6, 6.07) is 12.6. The number of nitrogens with one attached hydrogen (secondary N) is 1. The van der Waals surface area contributed by atoms with Gasteiger partial charge in [0.2, 0.25) is 5.71 Å². The summed E-state index contributed by atoms with van der Waals surface area (Å²) in [5.74, 6) is -0.521. The topological polar surface area (TPSA) is 94.1 Å². The highest BCUT2D eigenvalue weighted by Crippen LogP contribution is 2.22. The largest absolute Gasteiger partial charge is 0.484 e. The van der Waals surface area contributed by atoms with E-state index in [-0.39, 0.29) is 18.1 Å². The number of halogens is 1. The third-order valence-corrected chi connectivity index (χ3v) is 2.54. The molecule has 1 aromatic heterocycles. The quantitative estimate of drug-likeness (QED) is 0.676. The monoisotopic (exact) mass is 295 g/mol. The lowest BCUT2D eigenvalue weighted by Gasteiger charge is -2.08. The highest BCUT2D eigenvalue weighted by molar-refractivity contribution is 6.10. The van der Waals surface area contributed by atoms with Crippen LogP contribution in [0.3, 0.4) is 0 Å². The normalized spacial score (nSPS) is 9.23. The summed E-state index contributed by atoms with van der Waals surface area (Å²) in [7, 11) is 0. The number of ether oxygens (including phenoxy) is 1. The molecule has 1 heterocycles. The third kappa shape index (κ3) is 4.02. The molecule has 22 heavy (non-hydrogen) atoms. The van der Waals surface area contributed by atoms with Crippen LogP contribution in [-0.4, -0.2) is 10.7 Å². The van der Waals surface area contributed by atoms with Crippen molar-refractivity contribution in [1.29, 1.82) is 10.5 Å². The van der Waals surface area contributed by atoms with Gasteiger partial charge >= 0.3 is 0 Å². The molecule has 2 aromatic rings. The van der Waals surface area contributed by atoms with Crippen molar-refractivity contribution in [2.45, 2.75) is 6.61 Å². The van der Waals surface area contributed by atoms with Gasteiger partial charge in [0.05, 0.1) is 11.4 Å². The molecule has 0 saturated heterocycles. The Morgan fingerprint density at radius 2 is 2.09 bits per heavy atom. The number of pyridine rings is 1. The number of benzene rings is 1. The zero-order valence-electron chi connectivity index (χ0n) is 11.3. The zero-order chi connectivity index (χ0) is 15.8. The van der Waals surface area contributed by atoms with Gasteiger partial charge in [0.25, 0.3) is 0 Å². The van der Waals surface area contributed by atoms with Gasteiger partial charge in [-0.15, -0.1) is 0 Å². The molecule has 1 aromatic carbocycles. The van der Waals surface area contributed by atoms with Crippen LogP contribution in [0.2, 0.25) is 0 Å². The molecule has 0 bridgehead atoms. The van der Waals surface area contributed by atoms with Crippen LogP contribution in [0.25, 0.3) is 0 Å². The lowest BCUT2D eigenvalue weighted by atomic mass is 10.3. The standard InChI is InChI=1S/C15H10FN5O/c16-14-7-11(20-21-13(8-17)9-18)4-5-15(14)22-10-12-3-1-2-6-19-12/h1-7,20H,10H2. The van der Waals surface area contributed by atoms with Gasteiger partial charge in [0.15, 0.2) is 11.6 Å². The van der Waals surface area contributed by atoms with Gasteiger partial charge in [-0.25, -0.2) is 4.39 Å². The van der Waals surface area contributed by atoms with Crippen molar-refractivity contribution in [1.82, 2.24) is 4.98 Å². The number of nitrogens with zero attached hydrogens (tertiary/aromatic N) is 4. The minimum atomic E-state index is -0.591. The van der Waals surface area contributed by atoms with Crippen LogP contribution in [-0.2, 0) is 6.61 Å². The summed E-state index contributed by atoms with van der Waals surface area (Å²) >= 11 is 0. The smallest absolute Gasteiger partial charge is 0.237 e. The predicted molar refractivity (Wildman–Crippen MR) is 77.3 cm³/mol. The van der Waals surface area contributed by atoms with Crippen LogP contribution in [0.5, 0.6) is 5.75 Å².